The lowest BCUT2D eigenvalue weighted by Crippen LogP contribution is -2.34. The Morgan fingerprint density at radius 3 is 2.48 bits per heavy atom. The Morgan fingerprint density at radius 1 is 1.14 bits per heavy atom. The number of hydrogen-bond acceptors (Lipinski definition) is 8. The van der Waals surface area contributed by atoms with Gasteiger partial charge in [-0.2, -0.15) is 0 Å². The third-order valence-corrected chi connectivity index (χ3v) is 7.03. The molecule has 0 radical (unpaired) electrons. The lowest BCUT2D eigenvalue weighted by Gasteiger charge is -2.20. The van der Waals surface area contributed by atoms with Gasteiger partial charge in [-0.3, -0.25) is 24.4 Å². The zero-order valence-corrected chi connectivity index (χ0v) is 19.0. The van der Waals surface area contributed by atoms with E-state index in [9.17, 15) is 9.59 Å². The first-order valence-corrected chi connectivity index (χ1v) is 11.3. The van der Waals surface area contributed by atoms with Gasteiger partial charge >= 0.3 is 0 Å². The van der Waals surface area contributed by atoms with Gasteiger partial charge in [-0.05, 0) is 38.9 Å². The summed E-state index contributed by atoms with van der Waals surface area (Å²) in [5.41, 5.74) is 0.767. The van der Waals surface area contributed by atoms with Crippen LogP contribution in [0.25, 0.3) is 10.2 Å². The molecule has 3 aromatic heterocycles. The number of carbonyl (C=O) groups is 1. The van der Waals surface area contributed by atoms with Crippen molar-refractivity contribution in [2.75, 3.05) is 18.4 Å². The molecule has 0 saturated carbocycles. The molecular weight excluding hydrogens is 408 g/mol. The minimum atomic E-state index is -0.308. The van der Waals surface area contributed by atoms with Crippen LogP contribution < -0.4 is 10.9 Å². The quantitative estimate of drug-likeness (QED) is 0.586. The Bertz CT molecular complexity index is 1080. The predicted molar refractivity (Wildman–Crippen MR) is 118 cm³/mol. The average molecular weight is 435 g/mol. The topological polar surface area (TPSA) is 93.0 Å². The number of thiophene rings is 1. The van der Waals surface area contributed by atoms with E-state index in [1.165, 1.54) is 27.2 Å². The number of nitrogens with zero attached hydrogens (tertiary/aromatic N) is 5. The Morgan fingerprint density at radius 2 is 1.86 bits per heavy atom. The standard InChI is InChI=1S/C19H26N6O2S2/c1-6-15-22-23-19(29-15)21-14(26)10-25-13(9-24(7-2)8-3)20-17-16(18(25)27)11(4)12(5)28-17/h6-10H2,1-5H3,(H,21,23,26). The van der Waals surface area contributed by atoms with E-state index in [1.807, 2.05) is 20.8 Å². The van der Waals surface area contributed by atoms with Crippen molar-refractivity contribution in [1.82, 2.24) is 24.6 Å². The van der Waals surface area contributed by atoms with E-state index >= 15 is 0 Å². The molecule has 0 unspecified atom stereocenters. The largest absolute Gasteiger partial charge is 0.299 e. The first-order valence-electron chi connectivity index (χ1n) is 9.71. The highest BCUT2D eigenvalue weighted by Gasteiger charge is 2.20. The summed E-state index contributed by atoms with van der Waals surface area (Å²) in [6.07, 6.45) is 0.762. The van der Waals surface area contributed by atoms with Crippen LogP contribution >= 0.6 is 22.7 Å². The van der Waals surface area contributed by atoms with Crippen molar-refractivity contribution in [1.29, 1.82) is 0 Å². The van der Waals surface area contributed by atoms with Gasteiger partial charge in [0.1, 0.15) is 22.2 Å². The molecule has 3 rings (SSSR count). The summed E-state index contributed by atoms with van der Waals surface area (Å²) in [4.78, 5) is 34.7. The molecule has 8 nitrogen and oxygen atoms in total. The first-order chi connectivity index (χ1) is 13.9. The number of anilines is 1. The summed E-state index contributed by atoms with van der Waals surface area (Å²) in [5.74, 6) is 0.298. The normalized spacial score (nSPS) is 11.5. The van der Waals surface area contributed by atoms with E-state index in [0.29, 0.717) is 22.9 Å². The van der Waals surface area contributed by atoms with Gasteiger partial charge < -0.3 is 0 Å². The summed E-state index contributed by atoms with van der Waals surface area (Å²) in [6.45, 7) is 12.1. The van der Waals surface area contributed by atoms with E-state index < -0.39 is 0 Å². The second-order valence-corrected chi connectivity index (χ2v) is 9.01. The summed E-state index contributed by atoms with van der Waals surface area (Å²) in [7, 11) is 0. The van der Waals surface area contributed by atoms with Gasteiger partial charge in [0, 0.05) is 4.88 Å². The highest BCUT2D eigenvalue weighted by atomic mass is 32.1. The number of aromatic nitrogens is 4. The molecule has 0 aliphatic carbocycles. The lowest BCUT2D eigenvalue weighted by molar-refractivity contribution is -0.116. The fourth-order valence-corrected chi connectivity index (χ4v) is 4.78. The Labute approximate surface area is 177 Å². The van der Waals surface area contributed by atoms with E-state index in [4.69, 9.17) is 4.98 Å². The number of hydrogen-bond donors (Lipinski definition) is 1. The molecule has 0 aliphatic rings. The molecule has 29 heavy (non-hydrogen) atoms. The maximum Gasteiger partial charge on any atom is 0.263 e. The van der Waals surface area contributed by atoms with Crippen LogP contribution in [0.4, 0.5) is 5.13 Å². The smallest absolute Gasteiger partial charge is 0.263 e. The van der Waals surface area contributed by atoms with Crippen LogP contribution in [-0.2, 0) is 24.3 Å². The van der Waals surface area contributed by atoms with Crippen LogP contribution in [0.2, 0.25) is 0 Å². The second kappa shape index (κ2) is 9.10. The highest BCUT2D eigenvalue weighted by molar-refractivity contribution is 7.18. The van der Waals surface area contributed by atoms with E-state index in [1.54, 1.807) is 0 Å². The summed E-state index contributed by atoms with van der Waals surface area (Å²) in [6, 6.07) is 0. The van der Waals surface area contributed by atoms with Crippen LogP contribution in [-0.4, -0.2) is 43.6 Å². The Balaban J connectivity index is 1.98. The zero-order valence-electron chi connectivity index (χ0n) is 17.4. The summed E-state index contributed by atoms with van der Waals surface area (Å²) in [5, 5.41) is 12.7. The Hall–Kier alpha value is -2.17. The fourth-order valence-electron chi connectivity index (χ4n) is 3.05. The van der Waals surface area contributed by atoms with E-state index in [-0.39, 0.29) is 18.0 Å². The van der Waals surface area contributed by atoms with Crippen molar-refractivity contribution in [2.24, 2.45) is 0 Å². The van der Waals surface area contributed by atoms with Crippen molar-refractivity contribution in [3.63, 3.8) is 0 Å². The van der Waals surface area contributed by atoms with Crippen LogP contribution in [0, 0.1) is 13.8 Å². The van der Waals surface area contributed by atoms with Gasteiger partial charge in [-0.1, -0.05) is 32.1 Å². The zero-order chi connectivity index (χ0) is 21.1. The molecule has 0 atom stereocenters. The molecule has 0 fully saturated rings. The van der Waals surface area contributed by atoms with E-state index in [2.05, 4.69) is 34.3 Å². The summed E-state index contributed by atoms with van der Waals surface area (Å²) < 4.78 is 1.50. The molecule has 3 aromatic rings. The van der Waals surface area contributed by atoms with Crippen LogP contribution in [0.15, 0.2) is 4.79 Å². The number of aryl methyl sites for hydroxylation is 3. The lowest BCUT2D eigenvalue weighted by atomic mass is 10.2. The molecule has 1 N–H and O–H groups in total. The molecule has 3 heterocycles. The van der Waals surface area contributed by atoms with Crippen molar-refractivity contribution < 1.29 is 4.79 Å². The number of amides is 1. The van der Waals surface area contributed by atoms with Crippen molar-refractivity contribution >= 4 is 43.9 Å². The molecule has 156 valence electrons. The van der Waals surface area contributed by atoms with Crippen LogP contribution in [0.1, 0.15) is 42.0 Å². The molecule has 1 amide bonds. The minimum absolute atomic E-state index is 0.103. The predicted octanol–water partition coefficient (Wildman–Crippen LogP) is 2.97. The van der Waals surface area contributed by atoms with E-state index in [0.717, 1.165) is 39.8 Å². The maximum absolute atomic E-state index is 13.3. The molecular formula is C19H26N6O2S2. The third-order valence-electron chi connectivity index (χ3n) is 4.94. The molecule has 10 heteroatoms. The fraction of sp³-hybridized carbons (Fsp3) is 0.526. The monoisotopic (exact) mass is 434 g/mol. The van der Waals surface area contributed by atoms with Crippen molar-refractivity contribution in [2.45, 2.75) is 54.1 Å². The number of fused-ring (bicyclic) bond motifs is 1. The molecule has 0 spiro atoms. The maximum atomic E-state index is 13.3. The molecule has 0 saturated heterocycles. The average Bonchev–Trinajstić information content (AvgIpc) is 3.26. The van der Waals surface area contributed by atoms with Gasteiger partial charge in [0.05, 0.1) is 11.9 Å². The number of rotatable bonds is 8. The van der Waals surface area contributed by atoms with Crippen molar-refractivity contribution in [3.8, 4) is 0 Å². The van der Waals surface area contributed by atoms with Crippen molar-refractivity contribution in [3.05, 3.63) is 31.6 Å². The molecule has 0 aliphatic heterocycles. The number of carbonyl (C=O) groups excluding carboxylic acids is 1. The number of nitrogens with one attached hydrogen (secondary N) is 1. The van der Waals surface area contributed by atoms with Crippen LogP contribution in [0.5, 0.6) is 0 Å². The van der Waals surface area contributed by atoms with Gasteiger partial charge in [-0.15, -0.1) is 21.5 Å². The Kier molecular flexibility index (Phi) is 6.76. The highest BCUT2D eigenvalue weighted by Crippen LogP contribution is 2.26. The van der Waals surface area contributed by atoms with Gasteiger partial charge in [0.2, 0.25) is 11.0 Å². The third kappa shape index (κ3) is 4.54. The van der Waals surface area contributed by atoms with Crippen LogP contribution in [0.3, 0.4) is 0 Å². The van der Waals surface area contributed by atoms with Gasteiger partial charge in [0.25, 0.3) is 5.56 Å². The second-order valence-electron chi connectivity index (χ2n) is 6.75. The van der Waals surface area contributed by atoms with Gasteiger partial charge in [-0.25, -0.2) is 4.98 Å². The SMILES string of the molecule is CCc1nnc(NC(=O)Cn2c(CN(CC)CC)nc3sc(C)c(C)c3c2=O)s1. The molecule has 0 aromatic carbocycles. The first kappa shape index (κ1) is 21.5. The molecule has 0 bridgehead atoms. The summed E-state index contributed by atoms with van der Waals surface area (Å²) >= 11 is 2.87. The van der Waals surface area contributed by atoms with Gasteiger partial charge in [0.15, 0.2) is 0 Å². The minimum Gasteiger partial charge on any atom is -0.299 e.